The Morgan fingerprint density at radius 2 is 2.30 bits per heavy atom. The molecule has 3 aromatic rings. The van der Waals surface area contributed by atoms with Gasteiger partial charge in [-0.1, -0.05) is 6.07 Å². The molecule has 1 aromatic carbocycles. The van der Waals surface area contributed by atoms with E-state index in [0.717, 1.165) is 48.0 Å². The van der Waals surface area contributed by atoms with Crippen molar-refractivity contribution in [2.24, 2.45) is 5.92 Å². The van der Waals surface area contributed by atoms with E-state index in [4.69, 9.17) is 4.42 Å². The third-order valence-electron chi connectivity index (χ3n) is 3.99. The van der Waals surface area contributed by atoms with E-state index in [0.29, 0.717) is 0 Å². The highest BCUT2D eigenvalue weighted by Gasteiger charge is 2.15. The Bertz CT molecular complexity index is 708. The van der Waals surface area contributed by atoms with E-state index in [-0.39, 0.29) is 0 Å². The molecule has 1 fully saturated rings. The molecule has 1 atom stereocenters. The molecule has 4 nitrogen and oxygen atoms in total. The lowest BCUT2D eigenvalue weighted by atomic mass is 9.98. The minimum atomic E-state index is 0.764. The van der Waals surface area contributed by atoms with Gasteiger partial charge in [0.15, 0.2) is 11.6 Å². The summed E-state index contributed by atoms with van der Waals surface area (Å²) >= 11 is 0. The minimum Gasteiger partial charge on any atom is -0.461 e. The molecule has 0 spiro atoms. The maximum absolute atomic E-state index is 5.38. The Labute approximate surface area is 117 Å². The Morgan fingerprint density at radius 1 is 1.30 bits per heavy atom. The average molecular weight is 267 g/mol. The summed E-state index contributed by atoms with van der Waals surface area (Å²) < 4.78 is 5.38. The quantitative estimate of drug-likeness (QED) is 0.767. The SMILES string of the molecule is c1coc(-c2nc3ccc(CC4CCNC4)cc3[nH]2)c1. The van der Waals surface area contributed by atoms with Crippen molar-refractivity contribution in [2.75, 3.05) is 13.1 Å². The second-order valence-corrected chi connectivity index (χ2v) is 5.48. The minimum absolute atomic E-state index is 0.764. The molecule has 2 N–H and O–H groups in total. The summed E-state index contributed by atoms with van der Waals surface area (Å²) in [5, 5.41) is 3.42. The van der Waals surface area contributed by atoms with E-state index in [1.807, 2.05) is 12.1 Å². The number of fused-ring (bicyclic) bond motifs is 1. The van der Waals surface area contributed by atoms with Gasteiger partial charge >= 0.3 is 0 Å². The molecule has 1 aliphatic rings. The first-order chi connectivity index (χ1) is 9.88. The Hall–Kier alpha value is -2.07. The molecular weight excluding hydrogens is 250 g/mol. The number of nitrogens with one attached hydrogen (secondary N) is 2. The molecular formula is C16H17N3O. The maximum Gasteiger partial charge on any atom is 0.174 e. The second kappa shape index (κ2) is 4.80. The fourth-order valence-electron chi connectivity index (χ4n) is 2.94. The number of hydrogen-bond acceptors (Lipinski definition) is 3. The van der Waals surface area contributed by atoms with E-state index in [1.54, 1.807) is 6.26 Å². The topological polar surface area (TPSA) is 53.9 Å². The fraction of sp³-hybridized carbons (Fsp3) is 0.312. The van der Waals surface area contributed by atoms with Gasteiger partial charge in [0.05, 0.1) is 17.3 Å². The molecule has 1 aliphatic heterocycles. The standard InChI is InChI=1S/C16H17N3O/c1-2-15(20-7-1)16-18-13-4-3-11(9-14(13)19-16)8-12-5-6-17-10-12/h1-4,7,9,12,17H,5-6,8,10H2,(H,18,19). The van der Waals surface area contributed by atoms with Gasteiger partial charge in [0.25, 0.3) is 0 Å². The van der Waals surface area contributed by atoms with Crippen LogP contribution in [-0.2, 0) is 6.42 Å². The largest absolute Gasteiger partial charge is 0.461 e. The summed E-state index contributed by atoms with van der Waals surface area (Å²) in [6.07, 6.45) is 4.08. The van der Waals surface area contributed by atoms with E-state index < -0.39 is 0 Å². The number of hydrogen-bond donors (Lipinski definition) is 2. The van der Waals surface area contributed by atoms with Crippen LogP contribution in [-0.4, -0.2) is 23.1 Å². The Kier molecular flexibility index (Phi) is 2.81. The number of benzene rings is 1. The normalized spacial score (nSPS) is 18.9. The van der Waals surface area contributed by atoms with Crippen LogP contribution >= 0.6 is 0 Å². The number of furan rings is 1. The van der Waals surface area contributed by atoms with E-state index in [9.17, 15) is 0 Å². The van der Waals surface area contributed by atoms with Crippen molar-refractivity contribution in [3.05, 3.63) is 42.2 Å². The number of H-pyrrole nitrogens is 1. The van der Waals surface area contributed by atoms with Gasteiger partial charge in [-0.25, -0.2) is 4.98 Å². The van der Waals surface area contributed by atoms with Gasteiger partial charge in [0.2, 0.25) is 0 Å². The number of imidazole rings is 1. The summed E-state index contributed by atoms with van der Waals surface area (Å²) in [7, 11) is 0. The van der Waals surface area contributed by atoms with Gasteiger partial charge in [0.1, 0.15) is 0 Å². The lowest BCUT2D eigenvalue weighted by Crippen LogP contribution is -2.10. The van der Waals surface area contributed by atoms with Crippen molar-refractivity contribution in [2.45, 2.75) is 12.8 Å². The Morgan fingerprint density at radius 3 is 3.10 bits per heavy atom. The van der Waals surface area contributed by atoms with Crippen LogP contribution in [0.15, 0.2) is 41.0 Å². The van der Waals surface area contributed by atoms with Gasteiger partial charge in [-0.05, 0) is 61.7 Å². The molecule has 0 aliphatic carbocycles. The summed E-state index contributed by atoms with van der Waals surface area (Å²) in [6, 6.07) is 10.3. The van der Waals surface area contributed by atoms with Crippen LogP contribution in [0.4, 0.5) is 0 Å². The van der Waals surface area contributed by atoms with Crippen molar-refractivity contribution in [1.29, 1.82) is 0 Å². The van der Waals surface area contributed by atoms with Crippen molar-refractivity contribution >= 4 is 11.0 Å². The number of aromatic amines is 1. The van der Waals surface area contributed by atoms with Crippen molar-refractivity contribution in [1.82, 2.24) is 15.3 Å². The monoisotopic (exact) mass is 267 g/mol. The fourth-order valence-corrected chi connectivity index (χ4v) is 2.94. The summed E-state index contributed by atoms with van der Waals surface area (Å²) in [6.45, 7) is 2.29. The first-order valence-corrected chi connectivity index (χ1v) is 7.12. The van der Waals surface area contributed by atoms with E-state index in [2.05, 4.69) is 33.5 Å². The van der Waals surface area contributed by atoms with Crippen LogP contribution < -0.4 is 5.32 Å². The first-order valence-electron chi connectivity index (χ1n) is 7.12. The second-order valence-electron chi connectivity index (χ2n) is 5.48. The molecule has 3 heterocycles. The molecule has 0 bridgehead atoms. The molecule has 20 heavy (non-hydrogen) atoms. The van der Waals surface area contributed by atoms with Crippen LogP contribution in [0.5, 0.6) is 0 Å². The van der Waals surface area contributed by atoms with Gasteiger partial charge in [0, 0.05) is 0 Å². The summed E-state index contributed by atoms with van der Waals surface area (Å²) in [5.41, 5.74) is 3.45. The average Bonchev–Trinajstić information content (AvgIpc) is 3.19. The van der Waals surface area contributed by atoms with Crippen LogP contribution in [0, 0.1) is 5.92 Å². The lowest BCUT2D eigenvalue weighted by molar-refractivity contribution is 0.578. The highest BCUT2D eigenvalue weighted by Crippen LogP contribution is 2.23. The number of rotatable bonds is 3. The molecule has 2 aromatic heterocycles. The molecule has 0 saturated carbocycles. The number of nitrogens with zero attached hydrogens (tertiary/aromatic N) is 1. The predicted octanol–water partition coefficient (Wildman–Crippen LogP) is 2.97. The third kappa shape index (κ3) is 2.12. The van der Waals surface area contributed by atoms with E-state index >= 15 is 0 Å². The van der Waals surface area contributed by atoms with Gasteiger partial charge in [-0.15, -0.1) is 0 Å². The highest BCUT2D eigenvalue weighted by molar-refractivity contribution is 5.79. The molecule has 1 saturated heterocycles. The van der Waals surface area contributed by atoms with E-state index in [1.165, 1.54) is 12.0 Å². The molecule has 102 valence electrons. The highest BCUT2D eigenvalue weighted by atomic mass is 16.3. The van der Waals surface area contributed by atoms with Crippen molar-refractivity contribution in [3.8, 4) is 11.6 Å². The predicted molar refractivity (Wildman–Crippen MR) is 78.5 cm³/mol. The van der Waals surface area contributed by atoms with Gasteiger partial charge in [-0.2, -0.15) is 0 Å². The van der Waals surface area contributed by atoms with Gasteiger partial charge in [-0.3, -0.25) is 0 Å². The summed E-state index contributed by atoms with van der Waals surface area (Å²) in [5.74, 6) is 2.34. The maximum atomic E-state index is 5.38. The van der Waals surface area contributed by atoms with Crippen LogP contribution in [0.3, 0.4) is 0 Å². The molecule has 4 heteroatoms. The first kappa shape index (κ1) is 11.7. The van der Waals surface area contributed by atoms with Crippen LogP contribution in [0.25, 0.3) is 22.6 Å². The molecule has 4 rings (SSSR count). The van der Waals surface area contributed by atoms with Gasteiger partial charge < -0.3 is 14.7 Å². The molecule has 0 radical (unpaired) electrons. The Balaban J connectivity index is 1.65. The van der Waals surface area contributed by atoms with Crippen molar-refractivity contribution in [3.63, 3.8) is 0 Å². The van der Waals surface area contributed by atoms with Crippen LogP contribution in [0.1, 0.15) is 12.0 Å². The zero-order valence-corrected chi connectivity index (χ0v) is 11.2. The smallest absolute Gasteiger partial charge is 0.174 e. The summed E-state index contributed by atoms with van der Waals surface area (Å²) in [4.78, 5) is 7.91. The molecule has 0 amide bonds. The lowest BCUT2D eigenvalue weighted by Gasteiger charge is -2.07. The number of aromatic nitrogens is 2. The zero-order valence-electron chi connectivity index (χ0n) is 11.2. The third-order valence-corrected chi connectivity index (χ3v) is 3.99. The molecule has 1 unspecified atom stereocenters. The van der Waals surface area contributed by atoms with Crippen molar-refractivity contribution < 1.29 is 4.42 Å². The van der Waals surface area contributed by atoms with Crippen LogP contribution in [0.2, 0.25) is 0 Å². The zero-order chi connectivity index (χ0) is 13.4.